The van der Waals surface area contributed by atoms with Gasteiger partial charge in [-0.3, -0.25) is 4.79 Å². The number of carboxylic acid groups (broad SMARTS) is 1. The second-order valence-corrected chi connectivity index (χ2v) is 9.83. The third kappa shape index (κ3) is 4.29. The van der Waals surface area contributed by atoms with Gasteiger partial charge < -0.3 is 10.4 Å². The van der Waals surface area contributed by atoms with Crippen molar-refractivity contribution >= 4 is 61.9 Å². The average Bonchev–Trinajstić information content (AvgIpc) is 3.32. The van der Waals surface area contributed by atoms with Gasteiger partial charge in [-0.1, -0.05) is 40.2 Å². The van der Waals surface area contributed by atoms with Gasteiger partial charge in [0.2, 0.25) is 5.91 Å². The van der Waals surface area contributed by atoms with Crippen molar-refractivity contribution in [2.24, 2.45) is 5.92 Å². The number of carbonyl (C=O) groups is 2. The summed E-state index contributed by atoms with van der Waals surface area (Å²) < 4.78 is 2.15. The summed E-state index contributed by atoms with van der Waals surface area (Å²) in [6, 6.07) is 13.1. The fourth-order valence-corrected chi connectivity index (χ4v) is 6.12. The van der Waals surface area contributed by atoms with Gasteiger partial charge in [0, 0.05) is 21.3 Å². The van der Waals surface area contributed by atoms with Crippen molar-refractivity contribution in [1.82, 2.24) is 5.32 Å². The second-order valence-electron chi connectivity index (χ2n) is 7.64. The Hall–Kier alpha value is -1.83. The van der Waals surface area contributed by atoms with Crippen molar-refractivity contribution in [2.75, 3.05) is 5.75 Å². The number of carbonyl (C=O) groups excluding carboxylic acids is 1. The number of hydrogen-bond acceptors (Lipinski definition) is 4. The summed E-state index contributed by atoms with van der Waals surface area (Å²) >= 11 is 9.53. The van der Waals surface area contributed by atoms with E-state index in [1.165, 1.54) is 11.1 Å². The average molecular weight is 504 g/mol. The monoisotopic (exact) mass is 503 g/mol. The van der Waals surface area contributed by atoms with Crippen LogP contribution in [-0.4, -0.2) is 28.8 Å². The van der Waals surface area contributed by atoms with Gasteiger partial charge in [-0.05, 0) is 64.4 Å². The molecule has 1 aliphatic carbocycles. The molecule has 0 spiro atoms. The summed E-state index contributed by atoms with van der Waals surface area (Å²) in [5.41, 5.74) is 3.36. The maximum Gasteiger partial charge on any atom is 0.326 e. The van der Waals surface area contributed by atoms with E-state index in [-0.39, 0.29) is 24.2 Å². The molecule has 0 fully saturated rings. The first-order valence-corrected chi connectivity index (χ1v) is 12.2. The Morgan fingerprint density at radius 2 is 2.07 bits per heavy atom. The molecular formula is C23H22BrNO3S2. The van der Waals surface area contributed by atoms with Gasteiger partial charge in [0.05, 0.1) is 5.92 Å². The Balaban J connectivity index is 1.52. The molecule has 7 heteroatoms. The molecular weight excluding hydrogens is 482 g/mol. The lowest BCUT2D eigenvalue weighted by Crippen LogP contribution is -2.46. The zero-order valence-electron chi connectivity index (χ0n) is 16.2. The summed E-state index contributed by atoms with van der Waals surface area (Å²) in [6.07, 6.45) is 2.05. The minimum Gasteiger partial charge on any atom is -0.480 e. The number of benzene rings is 2. The molecule has 0 saturated carbocycles. The smallest absolute Gasteiger partial charge is 0.326 e. The molecule has 3 atom stereocenters. The van der Waals surface area contributed by atoms with Crippen molar-refractivity contribution < 1.29 is 14.7 Å². The molecule has 2 N–H and O–H groups in total. The number of fused-ring (bicyclic) bond motifs is 2. The SMILES string of the molecule is O=C(N[C@@H](Cc1csc2ccccc12)C(=O)O)C(CS)C1CCc2cc(Br)ccc21. The van der Waals surface area contributed by atoms with Crippen LogP contribution in [-0.2, 0) is 22.4 Å². The van der Waals surface area contributed by atoms with Crippen LogP contribution in [0.15, 0.2) is 52.3 Å². The van der Waals surface area contributed by atoms with E-state index >= 15 is 0 Å². The molecule has 3 aromatic rings. The summed E-state index contributed by atoms with van der Waals surface area (Å²) in [4.78, 5) is 25.0. The fourth-order valence-electron chi connectivity index (χ4n) is 4.32. The maximum absolute atomic E-state index is 13.1. The van der Waals surface area contributed by atoms with Crippen LogP contribution in [0.3, 0.4) is 0 Å². The minimum atomic E-state index is -1.02. The number of hydrogen-bond donors (Lipinski definition) is 3. The van der Waals surface area contributed by atoms with E-state index in [0.717, 1.165) is 33.0 Å². The Bertz CT molecular complexity index is 1100. The maximum atomic E-state index is 13.1. The topological polar surface area (TPSA) is 66.4 Å². The Morgan fingerprint density at radius 1 is 1.27 bits per heavy atom. The number of nitrogens with one attached hydrogen (secondary N) is 1. The van der Waals surface area contributed by atoms with E-state index in [2.05, 4.69) is 46.0 Å². The van der Waals surface area contributed by atoms with Crippen molar-refractivity contribution in [3.05, 3.63) is 69.0 Å². The number of rotatable bonds is 7. The van der Waals surface area contributed by atoms with Crippen LogP contribution in [0.25, 0.3) is 10.1 Å². The lowest BCUT2D eigenvalue weighted by molar-refractivity contribution is -0.142. The zero-order chi connectivity index (χ0) is 21.3. The second kappa shape index (κ2) is 9.12. The highest BCUT2D eigenvalue weighted by molar-refractivity contribution is 9.10. The molecule has 2 aromatic carbocycles. The molecule has 1 aromatic heterocycles. The predicted octanol–water partition coefficient (Wildman–Crippen LogP) is 5.05. The van der Waals surface area contributed by atoms with E-state index in [0.29, 0.717) is 5.75 Å². The van der Waals surface area contributed by atoms with Gasteiger partial charge in [-0.25, -0.2) is 4.79 Å². The largest absolute Gasteiger partial charge is 0.480 e. The number of halogens is 1. The molecule has 0 bridgehead atoms. The molecule has 0 saturated heterocycles. The van der Waals surface area contributed by atoms with Crippen molar-refractivity contribution in [3.8, 4) is 0 Å². The first-order chi connectivity index (χ1) is 14.5. The predicted molar refractivity (Wildman–Crippen MR) is 128 cm³/mol. The highest BCUT2D eigenvalue weighted by atomic mass is 79.9. The highest BCUT2D eigenvalue weighted by Gasteiger charge is 2.35. The quantitative estimate of drug-likeness (QED) is 0.395. The molecule has 1 aliphatic rings. The van der Waals surface area contributed by atoms with Gasteiger partial charge in [-0.2, -0.15) is 12.6 Å². The van der Waals surface area contributed by atoms with Crippen LogP contribution in [0.2, 0.25) is 0 Å². The standard InChI is InChI=1S/C23H22BrNO3S2/c24-15-6-8-16-13(9-15)5-7-18(16)19(11-29)22(26)25-20(23(27)28)10-14-12-30-21-4-2-1-3-17(14)21/h1-4,6,8-9,12,18-20,29H,5,7,10-11H2,(H,25,26)(H,27,28)/t18?,19?,20-/m0/s1. The van der Waals surface area contributed by atoms with Gasteiger partial charge in [-0.15, -0.1) is 11.3 Å². The normalized spacial score (nSPS) is 17.5. The minimum absolute atomic E-state index is 0.0574. The molecule has 0 radical (unpaired) electrons. The van der Waals surface area contributed by atoms with E-state index in [9.17, 15) is 14.7 Å². The first-order valence-electron chi connectivity index (χ1n) is 9.85. The van der Waals surface area contributed by atoms with Gasteiger partial charge >= 0.3 is 5.97 Å². The summed E-state index contributed by atoms with van der Waals surface area (Å²) in [5, 5.41) is 15.6. The Morgan fingerprint density at radius 3 is 2.83 bits per heavy atom. The zero-order valence-corrected chi connectivity index (χ0v) is 19.5. The van der Waals surface area contributed by atoms with Gasteiger partial charge in [0.1, 0.15) is 6.04 Å². The van der Waals surface area contributed by atoms with E-state index in [1.54, 1.807) is 11.3 Å². The van der Waals surface area contributed by atoms with E-state index in [4.69, 9.17) is 0 Å². The number of aliphatic carboxylic acids is 1. The third-order valence-electron chi connectivity index (χ3n) is 5.85. The number of aryl methyl sites for hydroxylation is 1. The number of amides is 1. The molecule has 1 amide bonds. The van der Waals surface area contributed by atoms with Gasteiger partial charge in [0.15, 0.2) is 0 Å². The van der Waals surface area contributed by atoms with E-state index < -0.39 is 12.0 Å². The van der Waals surface area contributed by atoms with Crippen LogP contribution < -0.4 is 5.32 Å². The molecule has 0 aliphatic heterocycles. The Labute approximate surface area is 193 Å². The fraction of sp³-hybridized carbons (Fsp3) is 0.304. The molecule has 1 heterocycles. The Kier molecular flexibility index (Phi) is 6.51. The van der Waals surface area contributed by atoms with Gasteiger partial charge in [0.25, 0.3) is 0 Å². The number of carboxylic acids is 1. The molecule has 2 unspecified atom stereocenters. The first kappa shape index (κ1) is 21.4. The van der Waals surface area contributed by atoms with Crippen LogP contribution >= 0.6 is 39.9 Å². The summed E-state index contributed by atoms with van der Waals surface area (Å²) in [5.74, 6) is -1.19. The summed E-state index contributed by atoms with van der Waals surface area (Å²) in [7, 11) is 0. The number of thiol groups is 1. The van der Waals surface area contributed by atoms with Crippen LogP contribution in [0.1, 0.15) is 29.0 Å². The molecule has 156 valence electrons. The van der Waals surface area contributed by atoms with Crippen molar-refractivity contribution in [2.45, 2.75) is 31.2 Å². The van der Waals surface area contributed by atoms with Crippen LogP contribution in [0, 0.1) is 5.92 Å². The van der Waals surface area contributed by atoms with Crippen LogP contribution in [0.4, 0.5) is 0 Å². The molecule has 4 rings (SSSR count). The summed E-state index contributed by atoms with van der Waals surface area (Å²) in [6.45, 7) is 0. The van der Waals surface area contributed by atoms with Crippen molar-refractivity contribution in [1.29, 1.82) is 0 Å². The molecule has 4 nitrogen and oxygen atoms in total. The third-order valence-corrected chi connectivity index (χ3v) is 7.75. The van der Waals surface area contributed by atoms with Crippen molar-refractivity contribution in [3.63, 3.8) is 0 Å². The van der Waals surface area contributed by atoms with Crippen LogP contribution in [0.5, 0.6) is 0 Å². The number of thiophene rings is 1. The lowest BCUT2D eigenvalue weighted by atomic mass is 9.87. The highest BCUT2D eigenvalue weighted by Crippen LogP contribution is 2.40. The van der Waals surface area contributed by atoms with E-state index in [1.807, 2.05) is 35.7 Å². The molecule has 30 heavy (non-hydrogen) atoms. The lowest BCUT2D eigenvalue weighted by Gasteiger charge is -2.24.